The minimum atomic E-state index is 0.417. The average Bonchev–Trinajstić information content (AvgIpc) is 2.97. The van der Waals surface area contributed by atoms with Gasteiger partial charge in [-0.15, -0.1) is 0 Å². The Labute approximate surface area is 108 Å². The standard InChI is InChI=1S/C13H21N5/c1-4-17-13(5-7-15-17)10-14-9-12-6-8-18(16-12)11(2)3/h5-8,11,14H,4,9-10H2,1-3H3. The van der Waals surface area contributed by atoms with E-state index in [4.69, 9.17) is 0 Å². The van der Waals surface area contributed by atoms with Gasteiger partial charge in [0, 0.05) is 38.1 Å². The van der Waals surface area contributed by atoms with Crippen molar-refractivity contribution in [3.05, 3.63) is 35.9 Å². The molecule has 2 heterocycles. The molecule has 2 aromatic heterocycles. The van der Waals surface area contributed by atoms with Crippen LogP contribution in [-0.2, 0) is 19.6 Å². The molecule has 0 bridgehead atoms. The fraction of sp³-hybridized carbons (Fsp3) is 0.538. The van der Waals surface area contributed by atoms with Gasteiger partial charge in [-0.05, 0) is 32.9 Å². The maximum Gasteiger partial charge on any atom is 0.0762 e. The molecule has 1 N–H and O–H groups in total. The maximum atomic E-state index is 4.50. The average molecular weight is 247 g/mol. The van der Waals surface area contributed by atoms with Crippen molar-refractivity contribution < 1.29 is 0 Å². The van der Waals surface area contributed by atoms with E-state index in [1.807, 2.05) is 27.8 Å². The normalized spacial score (nSPS) is 11.3. The zero-order chi connectivity index (χ0) is 13.0. The molecular formula is C13H21N5. The molecule has 0 spiro atoms. The Kier molecular flexibility index (Phi) is 4.15. The fourth-order valence-corrected chi connectivity index (χ4v) is 1.87. The van der Waals surface area contributed by atoms with E-state index >= 15 is 0 Å². The minimum absolute atomic E-state index is 0.417. The smallest absolute Gasteiger partial charge is 0.0762 e. The third-order valence-electron chi connectivity index (χ3n) is 2.91. The van der Waals surface area contributed by atoms with Crippen molar-refractivity contribution >= 4 is 0 Å². The van der Waals surface area contributed by atoms with Gasteiger partial charge < -0.3 is 5.32 Å². The van der Waals surface area contributed by atoms with Crippen LogP contribution in [0, 0.1) is 0 Å². The van der Waals surface area contributed by atoms with E-state index in [1.165, 1.54) is 5.69 Å². The highest BCUT2D eigenvalue weighted by Crippen LogP contribution is 2.04. The van der Waals surface area contributed by atoms with Gasteiger partial charge in [-0.2, -0.15) is 10.2 Å². The molecule has 0 fully saturated rings. The first-order chi connectivity index (χ1) is 8.70. The topological polar surface area (TPSA) is 47.7 Å². The molecule has 98 valence electrons. The van der Waals surface area contributed by atoms with Crippen molar-refractivity contribution in [2.75, 3.05) is 0 Å². The Balaban J connectivity index is 1.84. The number of aryl methyl sites for hydroxylation is 1. The van der Waals surface area contributed by atoms with Crippen LogP contribution in [-0.4, -0.2) is 19.6 Å². The molecule has 5 nitrogen and oxygen atoms in total. The lowest BCUT2D eigenvalue weighted by Gasteiger charge is -2.06. The third kappa shape index (κ3) is 2.98. The number of rotatable bonds is 6. The fourth-order valence-electron chi connectivity index (χ4n) is 1.87. The van der Waals surface area contributed by atoms with Crippen LogP contribution in [0.4, 0.5) is 0 Å². The summed E-state index contributed by atoms with van der Waals surface area (Å²) in [5.74, 6) is 0. The molecule has 0 unspecified atom stereocenters. The van der Waals surface area contributed by atoms with Crippen LogP contribution < -0.4 is 5.32 Å². The van der Waals surface area contributed by atoms with E-state index in [1.54, 1.807) is 0 Å². The van der Waals surface area contributed by atoms with Gasteiger partial charge in [-0.3, -0.25) is 9.36 Å². The van der Waals surface area contributed by atoms with E-state index in [2.05, 4.69) is 42.4 Å². The summed E-state index contributed by atoms with van der Waals surface area (Å²) >= 11 is 0. The third-order valence-corrected chi connectivity index (χ3v) is 2.91. The van der Waals surface area contributed by atoms with E-state index in [9.17, 15) is 0 Å². The van der Waals surface area contributed by atoms with Crippen LogP contribution in [0.5, 0.6) is 0 Å². The second-order valence-corrected chi connectivity index (χ2v) is 4.62. The Morgan fingerprint density at radius 3 is 2.78 bits per heavy atom. The zero-order valence-electron chi connectivity index (χ0n) is 11.3. The lowest BCUT2D eigenvalue weighted by molar-refractivity contribution is 0.519. The highest BCUT2D eigenvalue weighted by molar-refractivity contribution is 5.02. The second kappa shape index (κ2) is 5.82. The molecule has 0 saturated heterocycles. The Morgan fingerprint density at radius 1 is 1.28 bits per heavy atom. The number of hydrogen-bond donors (Lipinski definition) is 1. The Hall–Kier alpha value is -1.62. The van der Waals surface area contributed by atoms with Crippen molar-refractivity contribution in [3.63, 3.8) is 0 Å². The van der Waals surface area contributed by atoms with Crippen LogP contribution in [0.15, 0.2) is 24.5 Å². The summed E-state index contributed by atoms with van der Waals surface area (Å²) in [6, 6.07) is 4.52. The number of nitrogens with zero attached hydrogens (tertiary/aromatic N) is 4. The molecule has 0 aliphatic heterocycles. The SMILES string of the molecule is CCn1nccc1CNCc1ccn(C(C)C)n1. The van der Waals surface area contributed by atoms with Gasteiger partial charge in [0.2, 0.25) is 0 Å². The summed E-state index contributed by atoms with van der Waals surface area (Å²) in [5.41, 5.74) is 2.28. The first-order valence-corrected chi connectivity index (χ1v) is 6.46. The van der Waals surface area contributed by atoms with Crippen molar-refractivity contribution in [2.24, 2.45) is 0 Å². The van der Waals surface area contributed by atoms with Crippen LogP contribution in [0.3, 0.4) is 0 Å². The predicted octanol–water partition coefficient (Wildman–Crippen LogP) is 1.97. The Morgan fingerprint density at radius 2 is 2.11 bits per heavy atom. The maximum absolute atomic E-state index is 4.50. The van der Waals surface area contributed by atoms with Gasteiger partial charge in [0.25, 0.3) is 0 Å². The Bertz CT molecular complexity index is 483. The molecule has 0 radical (unpaired) electrons. The van der Waals surface area contributed by atoms with E-state index in [-0.39, 0.29) is 0 Å². The summed E-state index contributed by atoms with van der Waals surface area (Å²) in [6.07, 6.45) is 3.87. The first kappa shape index (κ1) is 12.8. The van der Waals surface area contributed by atoms with Crippen LogP contribution in [0.1, 0.15) is 38.2 Å². The molecule has 0 atom stereocenters. The van der Waals surface area contributed by atoms with Gasteiger partial charge >= 0.3 is 0 Å². The summed E-state index contributed by atoms with van der Waals surface area (Å²) in [4.78, 5) is 0. The number of aromatic nitrogens is 4. The summed E-state index contributed by atoms with van der Waals surface area (Å²) in [5, 5.41) is 12.1. The molecular weight excluding hydrogens is 226 g/mol. The van der Waals surface area contributed by atoms with Crippen molar-refractivity contribution in [1.82, 2.24) is 24.9 Å². The quantitative estimate of drug-likeness (QED) is 0.849. The molecule has 0 aromatic carbocycles. The minimum Gasteiger partial charge on any atom is -0.305 e. The van der Waals surface area contributed by atoms with Crippen LogP contribution >= 0.6 is 0 Å². The van der Waals surface area contributed by atoms with Gasteiger partial charge in [0.1, 0.15) is 0 Å². The molecule has 18 heavy (non-hydrogen) atoms. The molecule has 0 aliphatic carbocycles. The second-order valence-electron chi connectivity index (χ2n) is 4.62. The predicted molar refractivity (Wildman–Crippen MR) is 71.1 cm³/mol. The molecule has 2 aromatic rings. The number of hydrogen-bond acceptors (Lipinski definition) is 3. The van der Waals surface area contributed by atoms with Crippen LogP contribution in [0.25, 0.3) is 0 Å². The van der Waals surface area contributed by atoms with Gasteiger partial charge in [-0.1, -0.05) is 0 Å². The lowest BCUT2D eigenvalue weighted by Crippen LogP contribution is -2.16. The lowest BCUT2D eigenvalue weighted by atomic mass is 10.4. The van der Waals surface area contributed by atoms with Crippen molar-refractivity contribution in [3.8, 4) is 0 Å². The van der Waals surface area contributed by atoms with E-state index < -0.39 is 0 Å². The highest BCUT2D eigenvalue weighted by Gasteiger charge is 2.03. The van der Waals surface area contributed by atoms with Crippen molar-refractivity contribution in [2.45, 2.75) is 46.4 Å². The summed E-state index contributed by atoms with van der Waals surface area (Å²) < 4.78 is 3.98. The molecule has 0 amide bonds. The van der Waals surface area contributed by atoms with Gasteiger partial charge in [-0.25, -0.2) is 0 Å². The molecule has 0 aliphatic rings. The summed E-state index contributed by atoms with van der Waals surface area (Å²) in [6.45, 7) is 8.87. The molecule has 5 heteroatoms. The van der Waals surface area contributed by atoms with Gasteiger partial charge in [0.05, 0.1) is 11.4 Å². The number of nitrogens with one attached hydrogen (secondary N) is 1. The molecule has 2 rings (SSSR count). The highest BCUT2D eigenvalue weighted by atomic mass is 15.3. The van der Waals surface area contributed by atoms with E-state index in [0.717, 1.165) is 25.3 Å². The van der Waals surface area contributed by atoms with Crippen LogP contribution in [0.2, 0.25) is 0 Å². The zero-order valence-corrected chi connectivity index (χ0v) is 11.3. The largest absolute Gasteiger partial charge is 0.305 e. The van der Waals surface area contributed by atoms with E-state index in [0.29, 0.717) is 6.04 Å². The summed E-state index contributed by atoms with van der Waals surface area (Å²) in [7, 11) is 0. The monoisotopic (exact) mass is 247 g/mol. The van der Waals surface area contributed by atoms with Crippen molar-refractivity contribution in [1.29, 1.82) is 0 Å². The molecule has 0 saturated carbocycles. The van der Waals surface area contributed by atoms with Gasteiger partial charge in [0.15, 0.2) is 0 Å². The first-order valence-electron chi connectivity index (χ1n) is 6.46.